The summed E-state index contributed by atoms with van der Waals surface area (Å²) >= 11 is 6.25. The van der Waals surface area contributed by atoms with Gasteiger partial charge in [0.2, 0.25) is 0 Å². The van der Waals surface area contributed by atoms with Gasteiger partial charge in [-0.15, -0.1) is 0 Å². The van der Waals surface area contributed by atoms with E-state index in [1.54, 1.807) is 16.6 Å². The predicted molar refractivity (Wildman–Crippen MR) is 107 cm³/mol. The molecule has 136 valence electrons. The van der Waals surface area contributed by atoms with Crippen LogP contribution in [-0.4, -0.2) is 14.6 Å². The van der Waals surface area contributed by atoms with Crippen molar-refractivity contribution in [2.75, 3.05) is 5.32 Å². The van der Waals surface area contributed by atoms with E-state index in [9.17, 15) is 4.39 Å². The second-order valence-electron chi connectivity index (χ2n) is 6.57. The zero-order chi connectivity index (χ0) is 19.1. The Kier molecular flexibility index (Phi) is 4.32. The second-order valence-corrected chi connectivity index (χ2v) is 6.98. The third-order valence-electron chi connectivity index (χ3n) is 4.47. The van der Waals surface area contributed by atoms with Crippen LogP contribution in [0.1, 0.15) is 17.0 Å². The number of halogens is 2. The molecule has 2 aromatic carbocycles. The van der Waals surface area contributed by atoms with E-state index in [-0.39, 0.29) is 5.82 Å². The fraction of sp³-hybridized carbons (Fsp3) is 0.143. The zero-order valence-corrected chi connectivity index (χ0v) is 16.0. The summed E-state index contributed by atoms with van der Waals surface area (Å²) in [7, 11) is 0. The maximum atomic E-state index is 13.3. The number of nitrogens with one attached hydrogen (secondary N) is 1. The molecule has 0 fully saturated rings. The molecule has 0 amide bonds. The third kappa shape index (κ3) is 3.26. The average molecular weight is 381 g/mol. The number of anilines is 2. The molecule has 0 saturated heterocycles. The molecule has 4 rings (SSSR count). The minimum absolute atomic E-state index is 0.268. The normalized spacial score (nSPS) is 11.1. The molecule has 6 heteroatoms. The fourth-order valence-electron chi connectivity index (χ4n) is 3.11. The number of hydrogen-bond donors (Lipinski definition) is 1. The van der Waals surface area contributed by atoms with E-state index in [0.717, 1.165) is 45.2 Å². The van der Waals surface area contributed by atoms with Gasteiger partial charge in [0, 0.05) is 28.0 Å². The van der Waals surface area contributed by atoms with Crippen molar-refractivity contribution in [1.82, 2.24) is 14.6 Å². The monoisotopic (exact) mass is 380 g/mol. The minimum Gasteiger partial charge on any atom is -0.340 e. The summed E-state index contributed by atoms with van der Waals surface area (Å²) in [6.45, 7) is 5.83. The Morgan fingerprint density at radius 3 is 2.44 bits per heavy atom. The molecule has 0 aliphatic rings. The average Bonchev–Trinajstić information content (AvgIpc) is 2.95. The highest BCUT2D eigenvalue weighted by atomic mass is 35.5. The summed E-state index contributed by atoms with van der Waals surface area (Å²) in [5, 5.41) is 8.73. The van der Waals surface area contributed by atoms with Gasteiger partial charge >= 0.3 is 0 Å². The lowest BCUT2D eigenvalue weighted by Crippen LogP contribution is -2.02. The smallest absolute Gasteiger partial charge is 0.165 e. The van der Waals surface area contributed by atoms with Crippen molar-refractivity contribution in [2.24, 2.45) is 0 Å². The van der Waals surface area contributed by atoms with Crippen molar-refractivity contribution >= 4 is 28.8 Å². The largest absolute Gasteiger partial charge is 0.340 e. The van der Waals surface area contributed by atoms with Gasteiger partial charge in [-0.25, -0.2) is 9.37 Å². The minimum atomic E-state index is -0.268. The van der Waals surface area contributed by atoms with E-state index in [4.69, 9.17) is 11.6 Å². The first-order valence-corrected chi connectivity index (χ1v) is 8.96. The van der Waals surface area contributed by atoms with Gasteiger partial charge in [-0.2, -0.15) is 9.61 Å². The Morgan fingerprint density at radius 1 is 1.00 bits per heavy atom. The van der Waals surface area contributed by atoms with Gasteiger partial charge in [0.15, 0.2) is 5.65 Å². The number of rotatable bonds is 3. The molecular weight excluding hydrogens is 363 g/mol. The second kappa shape index (κ2) is 6.67. The lowest BCUT2D eigenvalue weighted by molar-refractivity contribution is 0.628. The Labute approximate surface area is 161 Å². The van der Waals surface area contributed by atoms with Gasteiger partial charge in [0.05, 0.1) is 5.69 Å². The van der Waals surface area contributed by atoms with Crippen LogP contribution in [0.4, 0.5) is 15.9 Å². The predicted octanol–water partition coefficient (Wildman–Crippen LogP) is 5.86. The maximum Gasteiger partial charge on any atom is 0.165 e. The number of nitrogens with zero attached hydrogens (tertiary/aromatic N) is 3. The van der Waals surface area contributed by atoms with Gasteiger partial charge in [-0.3, -0.25) is 0 Å². The van der Waals surface area contributed by atoms with Crippen LogP contribution >= 0.6 is 11.6 Å². The third-order valence-corrected chi connectivity index (χ3v) is 4.88. The number of aryl methyl sites for hydroxylation is 3. The van der Waals surface area contributed by atoms with Gasteiger partial charge in [0.1, 0.15) is 11.6 Å². The van der Waals surface area contributed by atoms with Gasteiger partial charge in [-0.1, -0.05) is 29.8 Å². The van der Waals surface area contributed by atoms with Crippen LogP contribution < -0.4 is 5.32 Å². The van der Waals surface area contributed by atoms with Crippen LogP contribution in [0.3, 0.4) is 0 Å². The molecule has 27 heavy (non-hydrogen) atoms. The summed E-state index contributed by atoms with van der Waals surface area (Å²) in [6, 6.07) is 14.1. The van der Waals surface area contributed by atoms with Gasteiger partial charge in [-0.05, 0) is 56.2 Å². The lowest BCUT2D eigenvalue weighted by atomic mass is 10.1. The quantitative estimate of drug-likeness (QED) is 0.484. The topological polar surface area (TPSA) is 42.2 Å². The summed E-state index contributed by atoms with van der Waals surface area (Å²) in [6.07, 6.45) is 0. The van der Waals surface area contributed by atoms with Crippen molar-refractivity contribution in [3.63, 3.8) is 0 Å². The van der Waals surface area contributed by atoms with Crippen LogP contribution in [-0.2, 0) is 0 Å². The molecular formula is C21H18ClFN4. The highest BCUT2D eigenvalue weighted by Gasteiger charge is 2.16. The first-order valence-electron chi connectivity index (χ1n) is 8.58. The highest BCUT2D eigenvalue weighted by molar-refractivity contribution is 6.31. The van der Waals surface area contributed by atoms with Crippen LogP contribution in [0.2, 0.25) is 5.02 Å². The molecule has 0 bridgehead atoms. The van der Waals surface area contributed by atoms with Crippen LogP contribution in [0, 0.1) is 26.6 Å². The van der Waals surface area contributed by atoms with E-state index in [2.05, 4.69) is 15.4 Å². The standard InChI is InChI=1S/C21H18ClFN4/c1-12-4-9-17(11-18(12)22)25-19-10-13(2)24-21-20(14(3)26-27(19)21)15-5-7-16(23)8-6-15/h4-11,25H,1-3H3. The molecule has 0 atom stereocenters. The fourth-order valence-corrected chi connectivity index (χ4v) is 3.29. The van der Waals surface area contributed by atoms with Crippen LogP contribution in [0.5, 0.6) is 0 Å². The lowest BCUT2D eigenvalue weighted by Gasteiger charge is -2.11. The van der Waals surface area contributed by atoms with E-state index < -0.39 is 0 Å². The Bertz CT molecular complexity index is 1150. The summed E-state index contributed by atoms with van der Waals surface area (Å²) in [5.41, 5.74) is 6.06. The van der Waals surface area contributed by atoms with Crippen molar-refractivity contribution in [1.29, 1.82) is 0 Å². The SMILES string of the molecule is Cc1cc(Nc2ccc(C)c(Cl)c2)n2nc(C)c(-c3ccc(F)cc3)c2n1. The van der Waals surface area contributed by atoms with Gasteiger partial charge < -0.3 is 5.32 Å². The van der Waals surface area contributed by atoms with E-state index in [1.807, 2.05) is 45.0 Å². The molecule has 1 N–H and O–H groups in total. The number of aromatic nitrogens is 3. The molecule has 0 aliphatic carbocycles. The molecule has 0 saturated carbocycles. The van der Waals surface area contributed by atoms with Crippen molar-refractivity contribution < 1.29 is 4.39 Å². The summed E-state index contributed by atoms with van der Waals surface area (Å²) < 4.78 is 15.1. The van der Waals surface area contributed by atoms with Crippen LogP contribution in [0.25, 0.3) is 16.8 Å². The molecule has 0 unspecified atom stereocenters. The Balaban J connectivity index is 1.86. The molecule has 0 spiro atoms. The number of benzene rings is 2. The Morgan fingerprint density at radius 2 is 1.74 bits per heavy atom. The van der Waals surface area contributed by atoms with Crippen molar-refractivity contribution in [3.05, 3.63) is 76.3 Å². The number of hydrogen-bond acceptors (Lipinski definition) is 3. The van der Waals surface area contributed by atoms with E-state index in [0.29, 0.717) is 5.02 Å². The summed E-state index contributed by atoms with van der Waals surface area (Å²) in [5.74, 6) is 0.518. The number of fused-ring (bicyclic) bond motifs is 1. The molecule has 4 aromatic rings. The molecule has 2 aromatic heterocycles. The zero-order valence-electron chi connectivity index (χ0n) is 15.2. The van der Waals surface area contributed by atoms with Gasteiger partial charge in [0.25, 0.3) is 0 Å². The highest BCUT2D eigenvalue weighted by Crippen LogP contribution is 2.30. The summed E-state index contributed by atoms with van der Waals surface area (Å²) in [4.78, 5) is 4.67. The van der Waals surface area contributed by atoms with E-state index in [1.165, 1.54) is 12.1 Å². The first kappa shape index (κ1) is 17.5. The molecule has 0 aliphatic heterocycles. The molecule has 0 radical (unpaired) electrons. The molecule has 4 nitrogen and oxygen atoms in total. The Hall–Kier alpha value is -2.92. The maximum absolute atomic E-state index is 13.3. The molecule has 2 heterocycles. The van der Waals surface area contributed by atoms with Crippen molar-refractivity contribution in [3.8, 4) is 11.1 Å². The first-order chi connectivity index (χ1) is 12.9. The van der Waals surface area contributed by atoms with Crippen LogP contribution in [0.15, 0.2) is 48.5 Å². The van der Waals surface area contributed by atoms with E-state index >= 15 is 0 Å². The van der Waals surface area contributed by atoms with Crippen molar-refractivity contribution in [2.45, 2.75) is 20.8 Å².